The number of hydrogen-bond donors (Lipinski definition) is 0. The van der Waals surface area contributed by atoms with E-state index in [0.717, 1.165) is 21.2 Å². The largest absolute Gasteiger partial charge is 0.457 e. The van der Waals surface area contributed by atoms with Crippen molar-refractivity contribution in [1.82, 2.24) is 0 Å². The number of rotatable bonds is 2. The molecule has 0 atom stereocenters. The highest BCUT2D eigenvalue weighted by Crippen LogP contribution is 2.33. The Morgan fingerprint density at radius 3 is 2.26 bits per heavy atom. The third-order valence-electron chi connectivity index (χ3n) is 3.11. The molecule has 3 rings (SSSR count). The Morgan fingerprint density at radius 1 is 0.895 bits per heavy atom. The van der Waals surface area contributed by atoms with Gasteiger partial charge in [-0.2, -0.15) is 0 Å². The second kappa shape index (κ2) is 5.02. The molecule has 2 aromatic carbocycles. The molecule has 1 aliphatic heterocycles. The highest BCUT2D eigenvalue weighted by molar-refractivity contribution is 9.10. The lowest BCUT2D eigenvalue weighted by molar-refractivity contribution is -0.133. The molecule has 0 radical (unpaired) electrons. The van der Waals surface area contributed by atoms with Crippen molar-refractivity contribution in [1.29, 1.82) is 0 Å². The highest BCUT2D eigenvalue weighted by Gasteiger charge is 2.26. The summed E-state index contributed by atoms with van der Waals surface area (Å²) in [6.45, 7) is 0.338. The van der Waals surface area contributed by atoms with E-state index in [1.54, 1.807) is 0 Å². The van der Waals surface area contributed by atoms with Crippen molar-refractivity contribution in [3.63, 3.8) is 0 Å². The van der Waals surface area contributed by atoms with Crippen LogP contribution in [0.2, 0.25) is 0 Å². The molecule has 1 heterocycles. The minimum absolute atomic E-state index is 0.246. The summed E-state index contributed by atoms with van der Waals surface area (Å²) in [4.78, 5) is 11.9. The Morgan fingerprint density at radius 2 is 1.58 bits per heavy atom. The fraction of sp³-hybridized carbons (Fsp3) is 0.0625. The van der Waals surface area contributed by atoms with Crippen molar-refractivity contribution in [3.05, 3.63) is 70.2 Å². The van der Waals surface area contributed by atoms with Gasteiger partial charge in [-0.15, -0.1) is 0 Å². The van der Waals surface area contributed by atoms with E-state index in [4.69, 9.17) is 4.74 Å². The van der Waals surface area contributed by atoms with Crippen LogP contribution in [0.1, 0.15) is 11.1 Å². The summed E-state index contributed by atoms with van der Waals surface area (Å²) in [5.41, 5.74) is 3.54. The molecule has 94 valence electrons. The summed E-state index contributed by atoms with van der Waals surface area (Å²) in [6, 6.07) is 17.6. The van der Waals surface area contributed by atoms with Crippen LogP contribution in [0, 0.1) is 0 Å². The zero-order chi connectivity index (χ0) is 13.2. The summed E-state index contributed by atoms with van der Waals surface area (Å²) in [7, 11) is 0. The van der Waals surface area contributed by atoms with Gasteiger partial charge in [0.25, 0.3) is 0 Å². The Kier molecular flexibility index (Phi) is 3.22. The van der Waals surface area contributed by atoms with E-state index in [9.17, 15) is 4.79 Å². The van der Waals surface area contributed by atoms with Crippen LogP contribution in [0.15, 0.2) is 59.1 Å². The van der Waals surface area contributed by atoms with E-state index in [2.05, 4.69) is 15.9 Å². The average Bonchev–Trinajstić information content (AvgIpc) is 2.82. The lowest BCUT2D eigenvalue weighted by atomic mass is 9.97. The molecule has 1 aliphatic rings. The molecule has 0 N–H and O–H groups in total. The van der Waals surface area contributed by atoms with Crippen LogP contribution < -0.4 is 0 Å². The zero-order valence-electron chi connectivity index (χ0n) is 10.1. The van der Waals surface area contributed by atoms with Crippen LogP contribution in [0.3, 0.4) is 0 Å². The van der Waals surface area contributed by atoms with Crippen LogP contribution >= 0.6 is 15.9 Å². The van der Waals surface area contributed by atoms with E-state index in [1.807, 2.05) is 54.6 Å². The quantitative estimate of drug-likeness (QED) is 0.785. The molecular formula is C16H11BrO2. The van der Waals surface area contributed by atoms with Crippen molar-refractivity contribution < 1.29 is 9.53 Å². The maximum Gasteiger partial charge on any atom is 0.339 e. The van der Waals surface area contributed by atoms with Crippen molar-refractivity contribution in [2.75, 3.05) is 6.61 Å². The summed E-state index contributed by atoms with van der Waals surface area (Å²) in [5, 5.41) is 0. The fourth-order valence-corrected chi connectivity index (χ4v) is 2.45. The van der Waals surface area contributed by atoms with Crippen LogP contribution in [0.5, 0.6) is 0 Å². The van der Waals surface area contributed by atoms with Gasteiger partial charge in [0.05, 0.1) is 5.57 Å². The van der Waals surface area contributed by atoms with Gasteiger partial charge >= 0.3 is 5.97 Å². The molecular weight excluding hydrogens is 304 g/mol. The number of halogens is 1. The molecule has 0 bridgehead atoms. The normalized spacial score (nSPS) is 14.7. The first-order chi connectivity index (χ1) is 9.25. The molecule has 2 aromatic rings. The first-order valence-electron chi connectivity index (χ1n) is 5.97. The highest BCUT2D eigenvalue weighted by atomic mass is 79.9. The van der Waals surface area contributed by atoms with E-state index >= 15 is 0 Å². The molecule has 0 unspecified atom stereocenters. The molecule has 0 aromatic heterocycles. The molecule has 0 fully saturated rings. The van der Waals surface area contributed by atoms with Crippen molar-refractivity contribution in [2.24, 2.45) is 0 Å². The number of hydrogen-bond acceptors (Lipinski definition) is 2. The first-order valence-corrected chi connectivity index (χ1v) is 6.76. The smallest absolute Gasteiger partial charge is 0.339 e. The third-order valence-corrected chi connectivity index (χ3v) is 3.64. The molecule has 0 amide bonds. The Bertz CT molecular complexity index is 642. The number of esters is 1. The molecule has 3 heteroatoms. The molecule has 0 saturated heterocycles. The second-order valence-electron chi connectivity index (χ2n) is 4.30. The Labute approximate surface area is 119 Å². The van der Waals surface area contributed by atoms with Gasteiger partial charge in [-0.05, 0) is 23.3 Å². The van der Waals surface area contributed by atoms with Gasteiger partial charge < -0.3 is 4.74 Å². The summed E-state index contributed by atoms with van der Waals surface area (Å²) >= 11 is 3.41. The van der Waals surface area contributed by atoms with Gasteiger partial charge in [0.1, 0.15) is 6.61 Å². The van der Waals surface area contributed by atoms with Gasteiger partial charge in [-0.1, -0.05) is 58.4 Å². The molecule has 0 saturated carbocycles. The standard InChI is InChI=1S/C16H11BrO2/c17-13-8-6-11(7-9-13)14-10-19-16(18)15(14)12-4-2-1-3-5-12/h1-9H,10H2. The van der Waals surface area contributed by atoms with E-state index in [0.29, 0.717) is 12.2 Å². The van der Waals surface area contributed by atoms with E-state index in [-0.39, 0.29) is 5.97 Å². The van der Waals surface area contributed by atoms with Crippen molar-refractivity contribution in [3.8, 4) is 0 Å². The van der Waals surface area contributed by atoms with Crippen molar-refractivity contribution in [2.45, 2.75) is 0 Å². The second-order valence-corrected chi connectivity index (χ2v) is 5.22. The van der Waals surface area contributed by atoms with Gasteiger partial charge in [0.2, 0.25) is 0 Å². The SMILES string of the molecule is O=C1OCC(c2ccc(Br)cc2)=C1c1ccccc1. The summed E-state index contributed by atoms with van der Waals surface area (Å²) in [5.74, 6) is -0.246. The van der Waals surface area contributed by atoms with Gasteiger partial charge in [-0.3, -0.25) is 0 Å². The van der Waals surface area contributed by atoms with E-state index < -0.39 is 0 Å². The summed E-state index contributed by atoms with van der Waals surface area (Å²) < 4.78 is 6.21. The average molecular weight is 315 g/mol. The summed E-state index contributed by atoms with van der Waals surface area (Å²) in [6.07, 6.45) is 0. The van der Waals surface area contributed by atoms with E-state index in [1.165, 1.54) is 0 Å². The van der Waals surface area contributed by atoms with Crippen LogP contribution in [-0.4, -0.2) is 12.6 Å². The Hall–Kier alpha value is -1.87. The molecule has 0 aliphatic carbocycles. The minimum Gasteiger partial charge on any atom is -0.457 e. The van der Waals surface area contributed by atoms with Crippen LogP contribution in [0.4, 0.5) is 0 Å². The van der Waals surface area contributed by atoms with Gasteiger partial charge in [0.15, 0.2) is 0 Å². The van der Waals surface area contributed by atoms with Crippen LogP contribution in [0.25, 0.3) is 11.1 Å². The number of cyclic esters (lactones) is 1. The predicted molar refractivity (Wildman–Crippen MR) is 78.4 cm³/mol. The number of carbonyl (C=O) groups is 1. The Balaban J connectivity index is 2.13. The van der Waals surface area contributed by atoms with Gasteiger partial charge in [0, 0.05) is 10.0 Å². The molecule has 0 spiro atoms. The minimum atomic E-state index is -0.246. The lowest BCUT2D eigenvalue weighted by Crippen LogP contribution is -1.98. The number of carbonyl (C=O) groups excluding carboxylic acids is 1. The maximum absolute atomic E-state index is 11.9. The monoisotopic (exact) mass is 314 g/mol. The maximum atomic E-state index is 11.9. The van der Waals surface area contributed by atoms with Crippen LogP contribution in [-0.2, 0) is 9.53 Å². The molecule has 19 heavy (non-hydrogen) atoms. The first kappa shape index (κ1) is 12.2. The number of ether oxygens (including phenoxy) is 1. The third kappa shape index (κ3) is 2.34. The van der Waals surface area contributed by atoms with Crippen molar-refractivity contribution >= 4 is 33.0 Å². The zero-order valence-corrected chi connectivity index (χ0v) is 11.7. The lowest BCUT2D eigenvalue weighted by Gasteiger charge is -2.04. The molecule has 2 nitrogen and oxygen atoms in total. The predicted octanol–water partition coefficient (Wildman–Crippen LogP) is 3.92. The fourth-order valence-electron chi connectivity index (χ4n) is 2.18. The topological polar surface area (TPSA) is 26.3 Å². The van der Waals surface area contributed by atoms with Gasteiger partial charge in [-0.25, -0.2) is 4.79 Å². The number of benzene rings is 2.